The third kappa shape index (κ3) is 4.37. The first-order chi connectivity index (χ1) is 12.1. The van der Waals surface area contributed by atoms with Crippen LogP contribution in [0.5, 0.6) is 0 Å². The summed E-state index contributed by atoms with van der Waals surface area (Å²) >= 11 is 0. The minimum Gasteiger partial charge on any atom is -0.370 e. The van der Waals surface area contributed by atoms with Crippen LogP contribution >= 0.6 is 0 Å². The van der Waals surface area contributed by atoms with Gasteiger partial charge in [-0.1, -0.05) is 0 Å². The summed E-state index contributed by atoms with van der Waals surface area (Å²) < 4.78 is 24.3. The van der Waals surface area contributed by atoms with Crippen molar-refractivity contribution in [2.45, 2.75) is 11.8 Å². The second-order valence-corrected chi connectivity index (χ2v) is 7.58. The zero-order chi connectivity index (χ0) is 19.5. The van der Waals surface area contributed by atoms with Crippen molar-refractivity contribution < 1.29 is 13.2 Å². The topological polar surface area (TPSA) is 151 Å². The number of rotatable bonds is 4. The molecule has 2 aromatic rings. The summed E-state index contributed by atoms with van der Waals surface area (Å²) in [5, 5.41) is 11.8. The predicted octanol–water partition coefficient (Wildman–Crippen LogP) is 1.43. The van der Waals surface area contributed by atoms with Crippen LogP contribution in [0.4, 0.5) is 11.4 Å². The molecule has 0 heterocycles. The van der Waals surface area contributed by atoms with Crippen LogP contribution in [0.1, 0.15) is 21.5 Å². The third-order valence-electron chi connectivity index (χ3n) is 3.48. The molecule has 26 heavy (non-hydrogen) atoms. The molecule has 0 unspecified atom stereocenters. The highest BCUT2D eigenvalue weighted by molar-refractivity contribution is 7.90. The van der Waals surface area contributed by atoms with E-state index in [1.54, 1.807) is 31.2 Å². The molecule has 0 atom stereocenters. The Morgan fingerprint density at radius 1 is 1.19 bits per heavy atom. The summed E-state index contributed by atoms with van der Waals surface area (Å²) in [4.78, 5) is 15.5. The number of benzene rings is 2. The number of nitrogens with one attached hydrogen (secondary N) is 1. The molecule has 1 amide bonds. The van der Waals surface area contributed by atoms with Gasteiger partial charge in [-0.05, 0) is 48.9 Å². The number of aliphatic imine (C=N–C) groups is 1. The van der Waals surface area contributed by atoms with Gasteiger partial charge in [0.1, 0.15) is 0 Å². The Kier molecular flexibility index (Phi) is 5.28. The Balaban J connectivity index is 2.55. The molecule has 0 aliphatic carbocycles. The summed E-state index contributed by atoms with van der Waals surface area (Å²) in [6.45, 7) is 1.64. The summed E-state index contributed by atoms with van der Waals surface area (Å²) in [6.07, 6.45) is 1.04. The average Bonchev–Trinajstić information content (AvgIpc) is 2.53. The molecule has 2 aromatic carbocycles. The zero-order valence-electron chi connectivity index (χ0n) is 14.1. The number of sulfone groups is 1. The van der Waals surface area contributed by atoms with Crippen molar-refractivity contribution in [3.8, 4) is 6.07 Å². The first-order valence-electron chi connectivity index (χ1n) is 7.37. The van der Waals surface area contributed by atoms with Crippen LogP contribution in [-0.2, 0) is 9.84 Å². The quantitative estimate of drug-likeness (QED) is 0.543. The largest absolute Gasteiger partial charge is 0.370 e. The molecule has 0 aliphatic heterocycles. The van der Waals surface area contributed by atoms with Crippen LogP contribution in [0.15, 0.2) is 46.3 Å². The number of aryl methyl sites for hydroxylation is 1. The van der Waals surface area contributed by atoms with E-state index in [2.05, 4.69) is 10.3 Å². The number of amides is 1. The van der Waals surface area contributed by atoms with Crippen LogP contribution in [-0.4, -0.2) is 26.5 Å². The van der Waals surface area contributed by atoms with Gasteiger partial charge in [0, 0.05) is 17.5 Å². The van der Waals surface area contributed by atoms with E-state index in [0.29, 0.717) is 22.5 Å². The molecular weight excluding hydrogens is 354 g/mol. The van der Waals surface area contributed by atoms with Crippen LogP contribution in [0.25, 0.3) is 0 Å². The lowest BCUT2D eigenvalue weighted by Crippen LogP contribution is -2.24. The molecule has 5 N–H and O–H groups in total. The molecule has 0 spiro atoms. The fraction of sp³-hybridized carbons (Fsp3) is 0.118. The highest BCUT2D eigenvalue weighted by atomic mass is 32.2. The second-order valence-electron chi connectivity index (χ2n) is 5.59. The van der Waals surface area contributed by atoms with E-state index >= 15 is 0 Å². The van der Waals surface area contributed by atoms with Gasteiger partial charge in [0.2, 0.25) is 0 Å². The Morgan fingerprint density at radius 2 is 1.81 bits per heavy atom. The normalized spacial score (nSPS) is 10.7. The summed E-state index contributed by atoms with van der Waals surface area (Å²) in [7, 11) is -3.65. The van der Waals surface area contributed by atoms with E-state index in [0.717, 1.165) is 6.26 Å². The highest BCUT2D eigenvalue weighted by Gasteiger charge is 2.19. The van der Waals surface area contributed by atoms with E-state index in [9.17, 15) is 13.2 Å². The smallest absolute Gasteiger partial charge is 0.280 e. The second kappa shape index (κ2) is 7.25. The number of carbonyl (C=O) groups excluding carboxylic acids is 1. The first-order valence-corrected chi connectivity index (χ1v) is 9.27. The molecule has 9 heteroatoms. The van der Waals surface area contributed by atoms with E-state index in [4.69, 9.17) is 16.7 Å². The number of guanidine groups is 1. The van der Waals surface area contributed by atoms with Crippen molar-refractivity contribution in [3.63, 3.8) is 0 Å². The van der Waals surface area contributed by atoms with E-state index in [-0.39, 0.29) is 10.5 Å². The number of hydrogen-bond acceptors (Lipinski definition) is 5. The SMILES string of the molecule is Cc1cc(Nc2ccc(C#N)cc2)c(S(C)(=O)=O)cc1C(=O)N=C(N)N. The lowest BCUT2D eigenvalue weighted by atomic mass is 10.1. The van der Waals surface area contributed by atoms with Gasteiger partial charge >= 0.3 is 0 Å². The van der Waals surface area contributed by atoms with Crippen molar-refractivity contribution in [2.75, 3.05) is 11.6 Å². The summed E-state index contributed by atoms with van der Waals surface area (Å²) in [6, 6.07) is 11.3. The number of nitrogens with zero attached hydrogens (tertiary/aromatic N) is 2. The van der Waals surface area contributed by atoms with Crippen LogP contribution in [0.2, 0.25) is 0 Å². The maximum absolute atomic E-state index is 12.2. The minimum absolute atomic E-state index is 0.0680. The Morgan fingerprint density at radius 3 is 2.31 bits per heavy atom. The number of hydrogen-bond donors (Lipinski definition) is 3. The molecule has 8 nitrogen and oxygen atoms in total. The van der Waals surface area contributed by atoms with Crippen molar-refractivity contribution in [1.82, 2.24) is 0 Å². The highest BCUT2D eigenvalue weighted by Crippen LogP contribution is 2.29. The maximum atomic E-state index is 12.2. The third-order valence-corrected chi connectivity index (χ3v) is 4.62. The Bertz CT molecular complexity index is 1030. The van der Waals surface area contributed by atoms with Gasteiger partial charge in [0.05, 0.1) is 22.2 Å². The van der Waals surface area contributed by atoms with Gasteiger partial charge in [-0.25, -0.2) is 8.42 Å². The number of nitriles is 1. The molecule has 0 aromatic heterocycles. The molecule has 0 fully saturated rings. The van der Waals surface area contributed by atoms with Crippen molar-refractivity contribution in [3.05, 3.63) is 53.1 Å². The molecule has 0 saturated heterocycles. The van der Waals surface area contributed by atoms with Crippen LogP contribution in [0.3, 0.4) is 0 Å². The molecule has 134 valence electrons. The molecular formula is C17H17N5O3S. The number of anilines is 2. The van der Waals surface area contributed by atoms with E-state index in [1.807, 2.05) is 6.07 Å². The van der Waals surface area contributed by atoms with Crippen molar-refractivity contribution in [1.29, 1.82) is 5.26 Å². The van der Waals surface area contributed by atoms with Crippen molar-refractivity contribution in [2.24, 2.45) is 16.5 Å². The van der Waals surface area contributed by atoms with Gasteiger partial charge < -0.3 is 16.8 Å². The minimum atomic E-state index is -3.65. The maximum Gasteiger partial charge on any atom is 0.280 e. The zero-order valence-corrected chi connectivity index (χ0v) is 15.0. The van der Waals surface area contributed by atoms with Gasteiger partial charge in [0.15, 0.2) is 15.8 Å². The fourth-order valence-corrected chi connectivity index (χ4v) is 3.13. The Labute approximate surface area is 151 Å². The molecule has 0 aliphatic rings. The predicted molar refractivity (Wildman–Crippen MR) is 98.9 cm³/mol. The van der Waals surface area contributed by atoms with E-state index < -0.39 is 21.7 Å². The first kappa shape index (κ1) is 19.0. The van der Waals surface area contributed by atoms with Crippen molar-refractivity contribution >= 4 is 33.1 Å². The number of nitrogens with two attached hydrogens (primary N) is 2. The molecule has 0 radical (unpaired) electrons. The standard InChI is InChI=1S/C17H17N5O3S/c1-10-7-14(21-12-5-3-11(9-18)4-6-12)15(26(2,24)25)8-13(10)16(23)22-17(19)20/h3-8,21H,1-2H3,(H4,19,20,22,23). The molecule has 2 rings (SSSR count). The summed E-state index contributed by atoms with van der Waals surface area (Å²) in [5.74, 6) is -1.13. The van der Waals surface area contributed by atoms with Gasteiger partial charge in [-0.3, -0.25) is 4.79 Å². The van der Waals surface area contributed by atoms with E-state index in [1.165, 1.54) is 12.1 Å². The fourth-order valence-electron chi connectivity index (χ4n) is 2.28. The summed E-state index contributed by atoms with van der Waals surface area (Å²) in [5.41, 5.74) is 12.4. The van der Waals surface area contributed by atoms with Crippen LogP contribution in [0, 0.1) is 18.3 Å². The molecule has 0 saturated carbocycles. The number of carbonyl (C=O) groups is 1. The Hall–Kier alpha value is -3.38. The average molecular weight is 371 g/mol. The van der Waals surface area contributed by atoms with Gasteiger partial charge in [-0.15, -0.1) is 0 Å². The monoisotopic (exact) mass is 371 g/mol. The van der Waals surface area contributed by atoms with Gasteiger partial charge in [-0.2, -0.15) is 10.3 Å². The lowest BCUT2D eigenvalue weighted by Gasteiger charge is -2.14. The van der Waals surface area contributed by atoms with Gasteiger partial charge in [0.25, 0.3) is 5.91 Å². The molecule has 0 bridgehead atoms. The lowest BCUT2D eigenvalue weighted by molar-refractivity contribution is 0.100. The van der Waals surface area contributed by atoms with Crippen LogP contribution < -0.4 is 16.8 Å².